The van der Waals surface area contributed by atoms with Crippen molar-refractivity contribution in [2.45, 2.75) is 97.0 Å². The number of carbonyl (C=O) groups is 2. The number of ketones is 1. The Kier molecular flexibility index (Phi) is 7.27. The summed E-state index contributed by atoms with van der Waals surface area (Å²) in [5.41, 5.74) is 0.846. The van der Waals surface area contributed by atoms with Crippen LogP contribution in [0.4, 0.5) is 4.79 Å². The second-order valence-corrected chi connectivity index (χ2v) is 14.6. The van der Waals surface area contributed by atoms with Crippen molar-refractivity contribution in [1.29, 1.82) is 0 Å². The molecule has 0 radical (unpaired) electrons. The summed E-state index contributed by atoms with van der Waals surface area (Å²) in [7, 11) is -2.02. The van der Waals surface area contributed by atoms with Crippen molar-refractivity contribution in [3.05, 3.63) is 0 Å². The molecule has 1 aliphatic heterocycles. The molecular weight excluding hydrogens is 334 g/mol. The van der Waals surface area contributed by atoms with E-state index in [-0.39, 0.29) is 18.4 Å². The van der Waals surface area contributed by atoms with Gasteiger partial charge in [0.2, 0.25) is 0 Å². The fourth-order valence-corrected chi connectivity index (χ4v) is 9.66. The molecule has 0 aromatic carbocycles. The van der Waals surface area contributed by atoms with Gasteiger partial charge in [-0.2, -0.15) is 0 Å². The summed E-state index contributed by atoms with van der Waals surface area (Å²) in [6.07, 6.45) is -0.0595. The van der Waals surface area contributed by atoms with Gasteiger partial charge in [-0.05, 0) is 37.4 Å². The molecule has 1 amide bonds. The van der Waals surface area contributed by atoms with Crippen molar-refractivity contribution in [2.24, 2.45) is 0 Å². The third-order valence-electron chi connectivity index (χ3n) is 5.11. The maximum atomic E-state index is 12.5. The maximum Gasteiger partial charge on any atom is 0.411 e. The summed E-state index contributed by atoms with van der Waals surface area (Å²) in [5, 5.41) is 0. The van der Waals surface area contributed by atoms with E-state index in [1.165, 1.54) is 0 Å². The molecule has 1 rings (SSSR count). The Morgan fingerprint density at radius 2 is 1.60 bits per heavy atom. The standard InChI is InChI=1S/C19H37NO4Si/c1-13(2)25(14(3)4,15(5)6)23-12-16-10-17(21)11-20(16)18(22)24-19(7,8)9/h13-16H,10-12H2,1-9H3/t16-/m0/s1. The number of ether oxygens (including phenoxy) is 1. The molecule has 0 aromatic rings. The minimum Gasteiger partial charge on any atom is -0.444 e. The van der Waals surface area contributed by atoms with Crippen LogP contribution >= 0.6 is 0 Å². The molecule has 0 unspecified atom stereocenters. The van der Waals surface area contributed by atoms with Crippen LogP contribution in [0.2, 0.25) is 16.6 Å². The van der Waals surface area contributed by atoms with Gasteiger partial charge in [0.25, 0.3) is 0 Å². The van der Waals surface area contributed by atoms with Crippen molar-refractivity contribution in [3.8, 4) is 0 Å². The highest BCUT2D eigenvalue weighted by molar-refractivity contribution is 6.77. The molecule has 6 heteroatoms. The van der Waals surface area contributed by atoms with Gasteiger partial charge in [0.05, 0.1) is 19.2 Å². The molecule has 25 heavy (non-hydrogen) atoms. The molecule has 0 aromatic heterocycles. The number of nitrogens with zero attached hydrogens (tertiary/aromatic N) is 1. The minimum atomic E-state index is -2.02. The van der Waals surface area contributed by atoms with Crippen LogP contribution in [-0.2, 0) is 14.0 Å². The van der Waals surface area contributed by atoms with Crippen molar-refractivity contribution in [3.63, 3.8) is 0 Å². The van der Waals surface area contributed by atoms with Crippen LogP contribution in [0.3, 0.4) is 0 Å². The van der Waals surface area contributed by atoms with E-state index >= 15 is 0 Å². The Morgan fingerprint density at radius 3 is 2.00 bits per heavy atom. The summed E-state index contributed by atoms with van der Waals surface area (Å²) in [6, 6.07) is -0.217. The number of Topliss-reactive ketones (excluding diaryl/α,β-unsaturated/α-hetero) is 1. The zero-order chi connectivity index (χ0) is 19.6. The van der Waals surface area contributed by atoms with Crippen LogP contribution < -0.4 is 0 Å². The summed E-state index contributed by atoms with van der Waals surface area (Å²) in [5.74, 6) is 0.0744. The molecule has 1 aliphatic rings. The van der Waals surface area contributed by atoms with E-state index in [4.69, 9.17) is 9.16 Å². The Morgan fingerprint density at radius 1 is 1.12 bits per heavy atom. The van der Waals surface area contributed by atoms with E-state index in [1.807, 2.05) is 20.8 Å². The van der Waals surface area contributed by atoms with E-state index in [0.717, 1.165) is 0 Å². The highest BCUT2D eigenvalue weighted by Gasteiger charge is 2.46. The molecule has 0 aliphatic carbocycles. The second kappa shape index (κ2) is 8.21. The highest BCUT2D eigenvalue weighted by atomic mass is 28.4. The molecule has 146 valence electrons. The second-order valence-electron chi connectivity index (χ2n) is 9.13. The Hall–Kier alpha value is -0.883. The van der Waals surface area contributed by atoms with Gasteiger partial charge in [0.1, 0.15) is 5.60 Å². The van der Waals surface area contributed by atoms with E-state index in [2.05, 4.69) is 41.5 Å². The lowest BCUT2D eigenvalue weighted by atomic mass is 10.2. The average molecular weight is 372 g/mol. The maximum absolute atomic E-state index is 12.5. The highest BCUT2D eigenvalue weighted by Crippen LogP contribution is 2.42. The summed E-state index contributed by atoms with van der Waals surface area (Å²) >= 11 is 0. The zero-order valence-electron chi connectivity index (χ0n) is 17.5. The predicted octanol–water partition coefficient (Wildman–Crippen LogP) is 4.76. The van der Waals surface area contributed by atoms with Crippen molar-refractivity contribution in [2.75, 3.05) is 13.2 Å². The lowest BCUT2D eigenvalue weighted by molar-refractivity contribution is -0.117. The van der Waals surface area contributed by atoms with Gasteiger partial charge in [-0.1, -0.05) is 41.5 Å². The van der Waals surface area contributed by atoms with Gasteiger partial charge in [-0.25, -0.2) is 4.79 Å². The van der Waals surface area contributed by atoms with E-state index in [1.54, 1.807) is 4.90 Å². The topological polar surface area (TPSA) is 55.8 Å². The molecule has 0 N–H and O–H groups in total. The molecule has 5 nitrogen and oxygen atoms in total. The first-order chi connectivity index (χ1) is 11.3. The molecule has 0 saturated carbocycles. The monoisotopic (exact) mass is 371 g/mol. The lowest BCUT2D eigenvalue weighted by Crippen LogP contribution is -2.51. The normalized spacial score (nSPS) is 19.4. The van der Waals surface area contributed by atoms with Gasteiger partial charge in [0.15, 0.2) is 14.1 Å². The number of likely N-dealkylation sites (tertiary alicyclic amines) is 1. The van der Waals surface area contributed by atoms with Gasteiger partial charge >= 0.3 is 6.09 Å². The number of hydrogen-bond acceptors (Lipinski definition) is 4. The number of rotatable bonds is 6. The predicted molar refractivity (Wildman–Crippen MR) is 103 cm³/mol. The molecular formula is C19H37NO4Si. The van der Waals surface area contributed by atoms with Gasteiger partial charge in [0, 0.05) is 6.42 Å². The first kappa shape index (κ1) is 22.2. The molecule has 1 fully saturated rings. The van der Waals surface area contributed by atoms with Crippen LogP contribution in [0.1, 0.15) is 68.7 Å². The molecule has 1 saturated heterocycles. The summed E-state index contributed by atoms with van der Waals surface area (Å²) in [6.45, 7) is 19.5. The van der Waals surface area contributed by atoms with E-state index < -0.39 is 20.0 Å². The van der Waals surface area contributed by atoms with Gasteiger partial charge in [-0.3, -0.25) is 9.69 Å². The average Bonchev–Trinajstić information content (AvgIpc) is 2.77. The van der Waals surface area contributed by atoms with Crippen molar-refractivity contribution in [1.82, 2.24) is 4.90 Å². The fourth-order valence-electron chi connectivity index (χ4n) is 4.18. The number of hydrogen-bond donors (Lipinski definition) is 0. The number of amides is 1. The quantitative estimate of drug-likeness (QED) is 0.632. The molecule has 1 heterocycles. The van der Waals surface area contributed by atoms with E-state index in [0.29, 0.717) is 29.7 Å². The lowest BCUT2D eigenvalue weighted by Gasteiger charge is -2.43. The van der Waals surface area contributed by atoms with E-state index in [9.17, 15) is 9.59 Å². The SMILES string of the molecule is CC(C)[Si](OC[C@@H]1CC(=O)CN1C(=O)OC(C)(C)C)(C(C)C)C(C)C. The summed E-state index contributed by atoms with van der Waals surface area (Å²) < 4.78 is 12.1. The first-order valence-electron chi connectivity index (χ1n) is 9.46. The molecule has 0 bridgehead atoms. The Bertz CT molecular complexity index is 461. The third kappa shape index (κ3) is 5.30. The van der Waals surface area contributed by atoms with Crippen LogP contribution in [-0.4, -0.2) is 49.9 Å². The zero-order valence-corrected chi connectivity index (χ0v) is 18.5. The fraction of sp³-hybridized carbons (Fsp3) is 0.895. The largest absolute Gasteiger partial charge is 0.444 e. The Balaban J connectivity index is 2.91. The smallest absolute Gasteiger partial charge is 0.411 e. The minimum absolute atomic E-state index is 0.0744. The van der Waals surface area contributed by atoms with Crippen LogP contribution in [0, 0.1) is 0 Å². The third-order valence-corrected chi connectivity index (χ3v) is 11.2. The van der Waals surface area contributed by atoms with Crippen molar-refractivity contribution < 1.29 is 18.8 Å². The van der Waals surface area contributed by atoms with Gasteiger partial charge in [-0.15, -0.1) is 0 Å². The van der Waals surface area contributed by atoms with Crippen molar-refractivity contribution >= 4 is 20.2 Å². The Labute approximate surface area is 154 Å². The van der Waals surface area contributed by atoms with Crippen LogP contribution in [0.5, 0.6) is 0 Å². The molecule has 0 spiro atoms. The summed E-state index contributed by atoms with van der Waals surface area (Å²) in [4.78, 5) is 26.0. The molecule has 1 atom stereocenters. The van der Waals surface area contributed by atoms with Crippen LogP contribution in [0.15, 0.2) is 0 Å². The first-order valence-corrected chi connectivity index (χ1v) is 11.6. The van der Waals surface area contributed by atoms with Gasteiger partial charge < -0.3 is 9.16 Å². The van der Waals surface area contributed by atoms with Crippen LogP contribution in [0.25, 0.3) is 0 Å². The number of carbonyl (C=O) groups excluding carboxylic acids is 2.